The average Bonchev–Trinajstić information content (AvgIpc) is 3.54. The molecule has 2 N–H and O–H groups in total. The number of benzene rings is 1. The molecule has 35 heavy (non-hydrogen) atoms. The first kappa shape index (κ1) is 23.3. The number of likely N-dealkylation sites (tertiary alicyclic amines) is 1. The van der Waals surface area contributed by atoms with Crippen LogP contribution in [-0.2, 0) is 0 Å². The molecular formula is C27H31N5O3. The van der Waals surface area contributed by atoms with Gasteiger partial charge in [-0.25, -0.2) is 9.50 Å². The number of nitriles is 1. The van der Waals surface area contributed by atoms with Crippen LogP contribution in [0.1, 0.15) is 78.9 Å². The van der Waals surface area contributed by atoms with Gasteiger partial charge in [0.2, 0.25) is 0 Å². The second kappa shape index (κ2) is 9.67. The molecule has 1 aliphatic heterocycles. The summed E-state index contributed by atoms with van der Waals surface area (Å²) in [5, 5.41) is 22.1. The molecule has 8 heteroatoms. The number of H-pyrrole nitrogens is 1. The van der Waals surface area contributed by atoms with E-state index in [1.807, 2.05) is 12.1 Å². The number of hydrogen-bond donors (Lipinski definition) is 2. The Hall–Kier alpha value is -3.44. The fourth-order valence-electron chi connectivity index (χ4n) is 5.43. The fraction of sp³-hybridized carbons (Fsp3) is 0.481. The monoisotopic (exact) mass is 473 g/mol. The van der Waals surface area contributed by atoms with E-state index in [0.29, 0.717) is 42.4 Å². The van der Waals surface area contributed by atoms with Crippen molar-refractivity contribution in [3.63, 3.8) is 0 Å². The Kier molecular flexibility index (Phi) is 6.44. The number of nitrogens with zero attached hydrogens (tertiary/aromatic N) is 4. The SMILES string of the molecule is C[C@H](CO)c1[nH]n2c(=O)cc(-c3ccc(C4CCCCC4)cc3)nc2c1C(=O)N1CCC(C#N)C1. The third-order valence-corrected chi connectivity index (χ3v) is 7.57. The molecule has 2 aromatic heterocycles. The maximum absolute atomic E-state index is 13.6. The van der Waals surface area contributed by atoms with E-state index in [1.54, 1.807) is 11.8 Å². The highest BCUT2D eigenvalue weighted by atomic mass is 16.3. The van der Waals surface area contributed by atoms with E-state index in [4.69, 9.17) is 4.98 Å². The smallest absolute Gasteiger partial charge is 0.273 e. The molecule has 1 saturated heterocycles. The molecule has 2 fully saturated rings. The van der Waals surface area contributed by atoms with Gasteiger partial charge in [-0.05, 0) is 30.7 Å². The topological polar surface area (TPSA) is 114 Å². The van der Waals surface area contributed by atoms with Gasteiger partial charge in [-0.3, -0.25) is 14.7 Å². The highest BCUT2D eigenvalue weighted by Crippen LogP contribution is 2.33. The second-order valence-electron chi connectivity index (χ2n) is 9.95. The maximum Gasteiger partial charge on any atom is 0.273 e. The van der Waals surface area contributed by atoms with E-state index in [0.717, 1.165) is 5.56 Å². The summed E-state index contributed by atoms with van der Waals surface area (Å²) in [7, 11) is 0. The molecule has 1 aromatic carbocycles. The van der Waals surface area contributed by atoms with E-state index in [1.165, 1.54) is 48.2 Å². The van der Waals surface area contributed by atoms with E-state index in [2.05, 4.69) is 23.3 Å². The van der Waals surface area contributed by atoms with Gasteiger partial charge in [-0.1, -0.05) is 50.5 Å². The Balaban J connectivity index is 1.56. The molecule has 1 amide bonds. The van der Waals surface area contributed by atoms with Gasteiger partial charge in [0.15, 0.2) is 5.65 Å². The number of aliphatic hydroxyl groups is 1. The van der Waals surface area contributed by atoms with Gasteiger partial charge in [0, 0.05) is 30.6 Å². The first-order chi connectivity index (χ1) is 17.0. The molecule has 0 spiro atoms. The zero-order valence-corrected chi connectivity index (χ0v) is 20.0. The second-order valence-corrected chi connectivity index (χ2v) is 9.95. The minimum Gasteiger partial charge on any atom is -0.396 e. The normalized spacial score (nSPS) is 19.7. The summed E-state index contributed by atoms with van der Waals surface area (Å²) in [5.41, 5.74) is 3.37. The molecule has 3 heterocycles. The van der Waals surface area contributed by atoms with Gasteiger partial charge in [0.1, 0.15) is 5.56 Å². The Morgan fingerprint density at radius 2 is 1.97 bits per heavy atom. The average molecular weight is 474 g/mol. The van der Waals surface area contributed by atoms with E-state index in [-0.39, 0.29) is 35.6 Å². The van der Waals surface area contributed by atoms with Gasteiger partial charge < -0.3 is 10.0 Å². The predicted octanol–water partition coefficient (Wildman–Crippen LogP) is 3.82. The van der Waals surface area contributed by atoms with Crippen LogP contribution in [0.25, 0.3) is 16.9 Å². The zero-order valence-electron chi connectivity index (χ0n) is 20.0. The van der Waals surface area contributed by atoms with Crippen molar-refractivity contribution in [1.29, 1.82) is 5.26 Å². The van der Waals surface area contributed by atoms with Crippen molar-refractivity contribution in [2.24, 2.45) is 5.92 Å². The number of carbonyl (C=O) groups excluding carboxylic acids is 1. The molecule has 8 nitrogen and oxygen atoms in total. The number of carbonyl (C=O) groups is 1. The quantitative estimate of drug-likeness (QED) is 0.585. The lowest BCUT2D eigenvalue weighted by Gasteiger charge is -2.22. The lowest BCUT2D eigenvalue weighted by atomic mass is 9.84. The molecule has 1 saturated carbocycles. The van der Waals surface area contributed by atoms with Crippen LogP contribution < -0.4 is 5.56 Å². The Morgan fingerprint density at radius 1 is 1.23 bits per heavy atom. The summed E-state index contributed by atoms with van der Waals surface area (Å²) in [6.07, 6.45) is 6.91. The van der Waals surface area contributed by atoms with Crippen LogP contribution in [0.2, 0.25) is 0 Å². The molecule has 5 rings (SSSR count). The molecule has 1 aliphatic carbocycles. The number of hydrogen-bond acceptors (Lipinski definition) is 5. The molecule has 182 valence electrons. The summed E-state index contributed by atoms with van der Waals surface area (Å²) in [4.78, 5) is 33.0. The number of aromatic amines is 1. The summed E-state index contributed by atoms with van der Waals surface area (Å²) in [6.45, 7) is 2.44. The summed E-state index contributed by atoms with van der Waals surface area (Å²) in [5.74, 6) is -0.263. The number of amides is 1. The molecule has 3 aromatic rings. The van der Waals surface area contributed by atoms with Crippen molar-refractivity contribution in [2.75, 3.05) is 19.7 Å². The zero-order chi connectivity index (χ0) is 24.5. The highest BCUT2D eigenvalue weighted by Gasteiger charge is 2.32. The lowest BCUT2D eigenvalue weighted by molar-refractivity contribution is 0.0789. The van der Waals surface area contributed by atoms with Crippen molar-refractivity contribution in [3.05, 3.63) is 57.5 Å². The summed E-state index contributed by atoms with van der Waals surface area (Å²) in [6, 6.07) is 12.0. The largest absolute Gasteiger partial charge is 0.396 e. The van der Waals surface area contributed by atoms with Crippen LogP contribution in [0, 0.1) is 17.2 Å². The summed E-state index contributed by atoms with van der Waals surface area (Å²) >= 11 is 0. The molecular weight excluding hydrogens is 442 g/mol. The van der Waals surface area contributed by atoms with Crippen molar-refractivity contribution in [3.8, 4) is 17.3 Å². The summed E-state index contributed by atoms with van der Waals surface area (Å²) < 4.78 is 1.28. The number of aliphatic hydroxyl groups excluding tert-OH is 1. The van der Waals surface area contributed by atoms with Crippen molar-refractivity contribution < 1.29 is 9.90 Å². The van der Waals surface area contributed by atoms with Crippen LogP contribution in [0.4, 0.5) is 0 Å². The number of fused-ring (bicyclic) bond motifs is 1. The number of aromatic nitrogens is 3. The Morgan fingerprint density at radius 3 is 2.63 bits per heavy atom. The van der Waals surface area contributed by atoms with Crippen LogP contribution in [-0.4, -0.2) is 50.2 Å². The first-order valence-electron chi connectivity index (χ1n) is 12.6. The molecule has 0 bridgehead atoms. The number of rotatable bonds is 5. The third kappa shape index (κ3) is 4.37. The van der Waals surface area contributed by atoms with E-state index < -0.39 is 0 Å². The van der Waals surface area contributed by atoms with Crippen LogP contribution in [0.3, 0.4) is 0 Å². The number of nitrogens with one attached hydrogen (secondary N) is 1. The van der Waals surface area contributed by atoms with Gasteiger partial charge in [-0.15, -0.1) is 0 Å². The van der Waals surface area contributed by atoms with Crippen molar-refractivity contribution in [2.45, 2.75) is 57.3 Å². The third-order valence-electron chi connectivity index (χ3n) is 7.57. The van der Waals surface area contributed by atoms with Crippen LogP contribution in [0.5, 0.6) is 0 Å². The Bertz CT molecular complexity index is 1330. The highest BCUT2D eigenvalue weighted by molar-refractivity contribution is 6.01. The minimum absolute atomic E-state index is 0.182. The van der Waals surface area contributed by atoms with E-state index >= 15 is 0 Å². The fourth-order valence-corrected chi connectivity index (χ4v) is 5.43. The molecule has 0 radical (unpaired) electrons. The van der Waals surface area contributed by atoms with Crippen LogP contribution in [0.15, 0.2) is 35.1 Å². The maximum atomic E-state index is 13.6. The molecule has 2 atom stereocenters. The predicted molar refractivity (Wildman–Crippen MR) is 132 cm³/mol. The first-order valence-corrected chi connectivity index (χ1v) is 12.6. The van der Waals surface area contributed by atoms with Gasteiger partial charge >= 0.3 is 0 Å². The van der Waals surface area contributed by atoms with Gasteiger partial charge in [0.25, 0.3) is 11.5 Å². The van der Waals surface area contributed by atoms with Crippen LogP contribution >= 0.6 is 0 Å². The van der Waals surface area contributed by atoms with E-state index in [9.17, 15) is 20.0 Å². The van der Waals surface area contributed by atoms with Crippen molar-refractivity contribution in [1.82, 2.24) is 19.5 Å². The van der Waals surface area contributed by atoms with Crippen molar-refractivity contribution >= 4 is 11.6 Å². The molecule has 2 aliphatic rings. The van der Waals surface area contributed by atoms with Gasteiger partial charge in [0.05, 0.1) is 30.0 Å². The van der Waals surface area contributed by atoms with Gasteiger partial charge in [-0.2, -0.15) is 5.26 Å². The lowest BCUT2D eigenvalue weighted by Crippen LogP contribution is -2.30. The molecule has 1 unspecified atom stereocenters. The Labute approximate surface area is 204 Å². The minimum atomic E-state index is -0.386. The standard InChI is InChI=1S/C27H31N5O3/c1-17(16-33)25-24(27(35)31-12-11-18(14-28)15-31)26-29-22(13-23(34)32(26)30-25)21-9-7-20(8-10-21)19-5-3-2-4-6-19/h7-10,13,17-19,30,33H,2-6,11-12,15-16H2,1H3/t17-,18?/m1/s1.